The Kier molecular flexibility index (Phi) is 4.03. The van der Waals surface area contributed by atoms with Gasteiger partial charge < -0.3 is 10.2 Å². The standard InChI is InChI=1S/C15H11N5OS/c16-8-11-13(12-5-3-7-21-12)19-15(17)20-14(11)22-9-10-4-1-2-6-18-10/h1-7H,9H2,(H2,17,19,20). The van der Waals surface area contributed by atoms with Crippen LogP contribution in [0.4, 0.5) is 5.95 Å². The largest absolute Gasteiger partial charge is 0.463 e. The molecule has 3 aromatic rings. The first-order valence-electron chi connectivity index (χ1n) is 6.42. The lowest BCUT2D eigenvalue weighted by molar-refractivity contribution is 0.579. The second kappa shape index (κ2) is 6.28. The summed E-state index contributed by atoms with van der Waals surface area (Å²) in [5, 5.41) is 9.97. The van der Waals surface area contributed by atoms with Crippen molar-refractivity contribution < 1.29 is 4.42 Å². The van der Waals surface area contributed by atoms with Gasteiger partial charge in [0, 0.05) is 11.9 Å². The molecule has 22 heavy (non-hydrogen) atoms. The maximum absolute atomic E-state index is 9.44. The van der Waals surface area contributed by atoms with E-state index in [1.165, 1.54) is 18.0 Å². The zero-order chi connectivity index (χ0) is 15.4. The van der Waals surface area contributed by atoms with E-state index in [-0.39, 0.29) is 5.95 Å². The van der Waals surface area contributed by atoms with Gasteiger partial charge in [0.1, 0.15) is 22.4 Å². The van der Waals surface area contributed by atoms with E-state index in [1.54, 1.807) is 18.3 Å². The molecule has 0 amide bonds. The zero-order valence-corrected chi connectivity index (χ0v) is 12.2. The number of rotatable bonds is 4. The summed E-state index contributed by atoms with van der Waals surface area (Å²) in [7, 11) is 0. The summed E-state index contributed by atoms with van der Waals surface area (Å²) < 4.78 is 5.32. The lowest BCUT2D eigenvalue weighted by Crippen LogP contribution is -2.02. The van der Waals surface area contributed by atoms with Gasteiger partial charge in [0.15, 0.2) is 5.76 Å². The van der Waals surface area contributed by atoms with Crippen molar-refractivity contribution in [3.63, 3.8) is 0 Å². The van der Waals surface area contributed by atoms with Crippen molar-refractivity contribution in [1.29, 1.82) is 5.26 Å². The van der Waals surface area contributed by atoms with E-state index in [0.29, 0.717) is 27.8 Å². The first kappa shape index (κ1) is 14.1. The van der Waals surface area contributed by atoms with Crippen LogP contribution >= 0.6 is 11.8 Å². The maximum Gasteiger partial charge on any atom is 0.221 e. The molecule has 3 rings (SSSR count). The molecule has 108 valence electrons. The molecule has 0 atom stereocenters. The van der Waals surface area contributed by atoms with E-state index in [0.717, 1.165) is 5.69 Å². The lowest BCUT2D eigenvalue weighted by Gasteiger charge is -2.07. The van der Waals surface area contributed by atoms with Crippen molar-refractivity contribution in [3.8, 4) is 17.5 Å². The van der Waals surface area contributed by atoms with E-state index in [1.807, 2.05) is 18.2 Å². The van der Waals surface area contributed by atoms with Crippen LogP contribution in [0.2, 0.25) is 0 Å². The topological polar surface area (TPSA) is 102 Å². The fourth-order valence-corrected chi connectivity index (χ4v) is 2.78. The van der Waals surface area contributed by atoms with E-state index in [4.69, 9.17) is 10.2 Å². The van der Waals surface area contributed by atoms with Crippen LogP contribution in [0.1, 0.15) is 11.3 Å². The van der Waals surface area contributed by atoms with Crippen molar-refractivity contribution in [2.45, 2.75) is 10.8 Å². The van der Waals surface area contributed by atoms with Crippen LogP contribution in [0.3, 0.4) is 0 Å². The second-order valence-corrected chi connectivity index (χ2v) is 5.27. The van der Waals surface area contributed by atoms with Crippen LogP contribution in [0, 0.1) is 11.3 Å². The number of nitrogens with two attached hydrogens (primary N) is 1. The monoisotopic (exact) mass is 309 g/mol. The minimum atomic E-state index is 0.105. The van der Waals surface area contributed by atoms with Gasteiger partial charge in [0.2, 0.25) is 5.95 Å². The summed E-state index contributed by atoms with van der Waals surface area (Å²) >= 11 is 1.39. The van der Waals surface area contributed by atoms with Gasteiger partial charge in [-0.3, -0.25) is 4.98 Å². The summed E-state index contributed by atoms with van der Waals surface area (Å²) in [4.78, 5) is 12.5. The van der Waals surface area contributed by atoms with Crippen molar-refractivity contribution in [2.24, 2.45) is 0 Å². The normalized spacial score (nSPS) is 10.3. The predicted molar refractivity (Wildman–Crippen MR) is 82.7 cm³/mol. The van der Waals surface area contributed by atoms with Crippen LogP contribution in [0.25, 0.3) is 11.5 Å². The number of nitrogen functional groups attached to an aromatic ring is 1. The highest BCUT2D eigenvalue weighted by Crippen LogP contribution is 2.31. The van der Waals surface area contributed by atoms with Crippen molar-refractivity contribution >= 4 is 17.7 Å². The SMILES string of the molecule is N#Cc1c(SCc2ccccn2)nc(N)nc1-c1ccco1. The number of anilines is 1. The van der Waals surface area contributed by atoms with Gasteiger partial charge >= 0.3 is 0 Å². The van der Waals surface area contributed by atoms with E-state index < -0.39 is 0 Å². The molecule has 0 spiro atoms. The number of furan rings is 1. The third-order valence-corrected chi connectivity index (χ3v) is 3.85. The molecule has 0 fully saturated rings. The van der Waals surface area contributed by atoms with Crippen molar-refractivity contribution in [2.75, 3.05) is 5.73 Å². The van der Waals surface area contributed by atoms with Crippen LogP contribution in [0.5, 0.6) is 0 Å². The molecule has 3 heterocycles. The Labute approximate surface area is 131 Å². The third-order valence-electron chi connectivity index (χ3n) is 2.84. The van der Waals surface area contributed by atoms with Gasteiger partial charge in [-0.1, -0.05) is 17.8 Å². The summed E-state index contributed by atoms with van der Waals surface area (Å²) in [5.74, 6) is 1.18. The first-order chi connectivity index (χ1) is 10.8. The number of pyridine rings is 1. The Balaban J connectivity index is 1.96. The number of nitriles is 1. The molecule has 0 saturated carbocycles. The van der Waals surface area contributed by atoms with Crippen LogP contribution in [-0.2, 0) is 5.75 Å². The molecular weight excluding hydrogens is 298 g/mol. The van der Waals surface area contributed by atoms with Gasteiger partial charge in [-0.05, 0) is 24.3 Å². The molecule has 0 aliphatic rings. The molecule has 0 aliphatic heterocycles. The quantitative estimate of drug-likeness (QED) is 0.584. The van der Waals surface area contributed by atoms with E-state index in [2.05, 4.69) is 21.0 Å². The van der Waals surface area contributed by atoms with Crippen LogP contribution in [0.15, 0.2) is 52.2 Å². The molecule has 3 aromatic heterocycles. The second-order valence-electron chi connectivity index (χ2n) is 4.31. The molecule has 0 radical (unpaired) electrons. The minimum absolute atomic E-state index is 0.105. The summed E-state index contributed by atoms with van der Waals surface area (Å²) in [6.07, 6.45) is 3.25. The van der Waals surface area contributed by atoms with Crippen molar-refractivity contribution in [1.82, 2.24) is 15.0 Å². The van der Waals surface area contributed by atoms with Gasteiger partial charge in [-0.15, -0.1) is 0 Å². The highest BCUT2D eigenvalue weighted by atomic mass is 32.2. The molecule has 2 N–H and O–H groups in total. The Morgan fingerprint density at radius 1 is 1.23 bits per heavy atom. The van der Waals surface area contributed by atoms with Crippen LogP contribution < -0.4 is 5.73 Å². The molecule has 0 saturated heterocycles. The molecule has 7 heteroatoms. The van der Waals surface area contributed by atoms with Gasteiger partial charge in [0.05, 0.1) is 12.0 Å². The molecule has 6 nitrogen and oxygen atoms in total. The first-order valence-corrected chi connectivity index (χ1v) is 7.40. The average molecular weight is 309 g/mol. The minimum Gasteiger partial charge on any atom is -0.463 e. The fourth-order valence-electron chi connectivity index (χ4n) is 1.88. The summed E-state index contributed by atoms with van der Waals surface area (Å²) in [6, 6.07) is 11.3. The smallest absolute Gasteiger partial charge is 0.221 e. The zero-order valence-electron chi connectivity index (χ0n) is 11.4. The Morgan fingerprint density at radius 3 is 2.82 bits per heavy atom. The maximum atomic E-state index is 9.44. The summed E-state index contributed by atoms with van der Waals surface area (Å²) in [5.41, 5.74) is 7.41. The van der Waals surface area contributed by atoms with E-state index >= 15 is 0 Å². The van der Waals surface area contributed by atoms with E-state index in [9.17, 15) is 5.26 Å². The number of hydrogen-bond donors (Lipinski definition) is 1. The molecular formula is C15H11N5OS. The number of thioether (sulfide) groups is 1. The highest BCUT2D eigenvalue weighted by molar-refractivity contribution is 7.98. The van der Waals surface area contributed by atoms with Gasteiger partial charge in [-0.2, -0.15) is 5.26 Å². The highest BCUT2D eigenvalue weighted by Gasteiger charge is 2.17. The van der Waals surface area contributed by atoms with Crippen molar-refractivity contribution in [3.05, 3.63) is 54.0 Å². The third kappa shape index (κ3) is 2.92. The molecule has 0 bridgehead atoms. The molecule has 0 unspecified atom stereocenters. The number of aromatic nitrogens is 3. The van der Waals surface area contributed by atoms with Gasteiger partial charge in [-0.25, -0.2) is 9.97 Å². The number of nitrogens with zero attached hydrogens (tertiary/aromatic N) is 4. The Bertz CT molecular complexity index is 812. The Morgan fingerprint density at radius 2 is 2.14 bits per heavy atom. The lowest BCUT2D eigenvalue weighted by atomic mass is 10.2. The average Bonchev–Trinajstić information content (AvgIpc) is 3.07. The van der Waals surface area contributed by atoms with Crippen LogP contribution in [-0.4, -0.2) is 15.0 Å². The number of hydrogen-bond acceptors (Lipinski definition) is 7. The molecule has 0 aromatic carbocycles. The van der Waals surface area contributed by atoms with Gasteiger partial charge in [0.25, 0.3) is 0 Å². The predicted octanol–water partition coefficient (Wildman–Crippen LogP) is 2.88. The molecule has 0 aliphatic carbocycles. The fraction of sp³-hybridized carbons (Fsp3) is 0.0667. The summed E-state index contributed by atoms with van der Waals surface area (Å²) in [6.45, 7) is 0. The Hall–Kier alpha value is -2.85.